The molecule has 5 atom stereocenters. The molecule has 2 N–H and O–H groups in total. The molecule has 0 aromatic heterocycles. The normalized spacial score (nSPS) is 33.2. The quantitative estimate of drug-likeness (QED) is 0.483. The lowest BCUT2D eigenvalue weighted by Gasteiger charge is -2.53. The molecule has 2 aromatic carbocycles. The van der Waals surface area contributed by atoms with E-state index in [2.05, 4.69) is 13.0 Å². The first-order valence-corrected chi connectivity index (χ1v) is 12.6. The third kappa shape index (κ3) is 3.47. The van der Waals surface area contributed by atoms with Gasteiger partial charge in [0, 0.05) is 16.0 Å². The molecule has 5 unspecified atom stereocenters. The third-order valence-electron chi connectivity index (χ3n) is 9.28. The van der Waals surface area contributed by atoms with E-state index >= 15 is 0 Å². The minimum Gasteiger partial charge on any atom is -0.508 e. The van der Waals surface area contributed by atoms with Crippen LogP contribution in [-0.2, 0) is 6.42 Å². The Hall–Kier alpha value is -2.10. The molecule has 2 fully saturated rings. The van der Waals surface area contributed by atoms with Crippen LogP contribution in [0.5, 0.6) is 5.75 Å². The topological polar surface area (TPSA) is 57.5 Å². The van der Waals surface area contributed by atoms with Crippen LogP contribution in [-0.4, -0.2) is 21.6 Å². The summed E-state index contributed by atoms with van der Waals surface area (Å²) in [6, 6.07) is 11.3. The standard InChI is InChI=1S/C29H33ClO3/c1-17(14-19-4-6-21(30)16-26(19)18(2)31)29(33)13-11-27-25-8-5-20-15-22(32)7-9-23(20)24(25)10-12-28(27,29)3/h4,6-7,9,14-16,24-25,27,32-33H,5,8,10-13H2,1-3H3/b17-14+. The highest BCUT2D eigenvalue weighted by Gasteiger charge is 2.62. The van der Waals surface area contributed by atoms with Crippen LogP contribution in [0.1, 0.15) is 85.8 Å². The van der Waals surface area contributed by atoms with E-state index in [9.17, 15) is 15.0 Å². The number of hydrogen-bond donors (Lipinski definition) is 2. The van der Waals surface area contributed by atoms with Crippen molar-refractivity contribution in [1.29, 1.82) is 0 Å². The number of aromatic hydroxyl groups is 1. The SMILES string of the molecule is CC(=O)c1cc(Cl)ccc1/C=C(\C)C1(O)CCC2C3CCc4cc(O)ccc4C3CCC21C. The lowest BCUT2D eigenvalue weighted by atomic mass is 9.52. The maximum atomic E-state index is 12.2. The monoisotopic (exact) mass is 464 g/mol. The fraction of sp³-hybridized carbons (Fsp3) is 0.483. The third-order valence-corrected chi connectivity index (χ3v) is 9.52. The predicted octanol–water partition coefficient (Wildman–Crippen LogP) is 6.94. The largest absolute Gasteiger partial charge is 0.508 e. The summed E-state index contributed by atoms with van der Waals surface area (Å²) < 4.78 is 0. The second-order valence-electron chi connectivity index (χ2n) is 10.8. The summed E-state index contributed by atoms with van der Waals surface area (Å²) in [6.45, 7) is 5.87. The zero-order valence-electron chi connectivity index (χ0n) is 19.7. The molecule has 174 valence electrons. The van der Waals surface area contributed by atoms with Crippen molar-refractivity contribution < 1.29 is 15.0 Å². The summed E-state index contributed by atoms with van der Waals surface area (Å²) in [5.74, 6) is 1.87. The zero-order chi connectivity index (χ0) is 23.5. The van der Waals surface area contributed by atoms with Crippen molar-refractivity contribution in [3.63, 3.8) is 0 Å². The highest BCUT2D eigenvalue weighted by atomic mass is 35.5. The summed E-state index contributed by atoms with van der Waals surface area (Å²) in [4.78, 5) is 12.2. The van der Waals surface area contributed by atoms with Gasteiger partial charge in [-0.1, -0.05) is 36.7 Å². The zero-order valence-corrected chi connectivity index (χ0v) is 20.5. The fourth-order valence-electron chi connectivity index (χ4n) is 7.54. The lowest BCUT2D eigenvalue weighted by Crippen LogP contribution is -2.51. The Labute approximate surface area is 201 Å². The molecule has 3 nitrogen and oxygen atoms in total. The molecule has 3 aliphatic carbocycles. The average molecular weight is 465 g/mol. The number of aliphatic hydroxyl groups is 1. The molecule has 0 bridgehead atoms. The Morgan fingerprint density at radius 3 is 2.64 bits per heavy atom. The van der Waals surface area contributed by atoms with Gasteiger partial charge >= 0.3 is 0 Å². The van der Waals surface area contributed by atoms with Gasteiger partial charge in [0.25, 0.3) is 0 Å². The van der Waals surface area contributed by atoms with Gasteiger partial charge in [-0.3, -0.25) is 4.79 Å². The Kier molecular flexibility index (Phi) is 5.49. The van der Waals surface area contributed by atoms with E-state index in [-0.39, 0.29) is 11.2 Å². The van der Waals surface area contributed by atoms with Gasteiger partial charge in [-0.15, -0.1) is 0 Å². The van der Waals surface area contributed by atoms with Crippen molar-refractivity contribution in [3.8, 4) is 5.75 Å². The van der Waals surface area contributed by atoms with Crippen molar-refractivity contribution >= 4 is 23.5 Å². The van der Waals surface area contributed by atoms with Crippen LogP contribution in [0.4, 0.5) is 0 Å². The smallest absolute Gasteiger partial charge is 0.160 e. The molecule has 0 heterocycles. The summed E-state index contributed by atoms with van der Waals surface area (Å²) in [5.41, 5.74) is 3.99. The van der Waals surface area contributed by atoms with Crippen LogP contribution in [0, 0.1) is 17.3 Å². The molecule has 0 saturated heterocycles. The van der Waals surface area contributed by atoms with E-state index in [1.165, 1.54) is 11.1 Å². The molecule has 0 spiro atoms. The molecular weight excluding hydrogens is 432 g/mol. The van der Waals surface area contributed by atoms with Gasteiger partial charge in [0.15, 0.2) is 5.78 Å². The van der Waals surface area contributed by atoms with Crippen LogP contribution < -0.4 is 0 Å². The number of ketones is 1. The van der Waals surface area contributed by atoms with E-state index in [1.54, 1.807) is 19.1 Å². The van der Waals surface area contributed by atoms with Gasteiger partial charge < -0.3 is 10.2 Å². The van der Waals surface area contributed by atoms with Gasteiger partial charge in [-0.2, -0.15) is 0 Å². The number of fused-ring (bicyclic) bond motifs is 5. The van der Waals surface area contributed by atoms with Crippen LogP contribution in [0.2, 0.25) is 5.02 Å². The second-order valence-corrected chi connectivity index (χ2v) is 11.2. The number of halogens is 1. The second kappa shape index (κ2) is 7.99. The summed E-state index contributed by atoms with van der Waals surface area (Å²) in [5, 5.41) is 22.6. The van der Waals surface area contributed by atoms with Gasteiger partial charge in [-0.25, -0.2) is 0 Å². The van der Waals surface area contributed by atoms with E-state index in [0.717, 1.165) is 49.7 Å². The Morgan fingerprint density at radius 2 is 1.88 bits per heavy atom. The van der Waals surface area contributed by atoms with Crippen LogP contribution in [0.25, 0.3) is 6.08 Å². The fourth-order valence-corrected chi connectivity index (χ4v) is 7.72. The molecule has 0 amide bonds. The van der Waals surface area contributed by atoms with E-state index in [1.807, 2.05) is 31.2 Å². The number of Topliss-reactive ketones (excluding diaryl/α,β-unsaturated/α-hetero) is 1. The molecule has 0 radical (unpaired) electrons. The molecule has 2 aromatic rings. The first kappa shape index (κ1) is 22.7. The number of hydrogen-bond acceptors (Lipinski definition) is 3. The van der Waals surface area contributed by atoms with Crippen molar-refractivity contribution in [2.75, 3.05) is 0 Å². The first-order valence-electron chi connectivity index (χ1n) is 12.2. The van der Waals surface area contributed by atoms with E-state index < -0.39 is 5.60 Å². The van der Waals surface area contributed by atoms with Crippen LogP contribution >= 0.6 is 11.6 Å². The maximum Gasteiger partial charge on any atom is 0.160 e. The number of carbonyl (C=O) groups is 1. The molecule has 3 aliphatic rings. The van der Waals surface area contributed by atoms with Crippen molar-refractivity contribution in [1.82, 2.24) is 0 Å². The van der Waals surface area contributed by atoms with Gasteiger partial charge in [0.1, 0.15) is 5.75 Å². The minimum absolute atomic E-state index is 0.0218. The minimum atomic E-state index is -0.883. The van der Waals surface area contributed by atoms with E-state index in [4.69, 9.17) is 11.6 Å². The summed E-state index contributed by atoms with van der Waals surface area (Å²) in [6.07, 6.45) is 7.93. The number of aryl methyl sites for hydroxylation is 1. The number of phenols is 1. The van der Waals surface area contributed by atoms with Crippen LogP contribution in [0.3, 0.4) is 0 Å². The average Bonchev–Trinajstić information content (AvgIpc) is 3.06. The maximum absolute atomic E-state index is 12.2. The number of benzene rings is 2. The Morgan fingerprint density at radius 1 is 1.09 bits per heavy atom. The number of carbonyl (C=O) groups excluding carboxylic acids is 1. The summed E-state index contributed by atoms with van der Waals surface area (Å²) >= 11 is 6.14. The number of phenolic OH excluding ortho intramolecular Hbond substituents is 1. The van der Waals surface area contributed by atoms with E-state index in [0.29, 0.717) is 34.1 Å². The lowest BCUT2D eigenvalue weighted by molar-refractivity contribution is -0.0775. The summed E-state index contributed by atoms with van der Waals surface area (Å²) in [7, 11) is 0. The molecule has 33 heavy (non-hydrogen) atoms. The highest BCUT2D eigenvalue weighted by Crippen LogP contribution is 2.65. The molecular formula is C29H33ClO3. The molecule has 0 aliphatic heterocycles. The van der Waals surface area contributed by atoms with Gasteiger partial charge in [0.05, 0.1) is 5.60 Å². The molecule has 4 heteroatoms. The van der Waals surface area contributed by atoms with Crippen molar-refractivity contribution in [3.05, 3.63) is 69.2 Å². The first-order chi connectivity index (χ1) is 15.6. The molecule has 2 saturated carbocycles. The predicted molar refractivity (Wildman–Crippen MR) is 133 cm³/mol. The van der Waals surface area contributed by atoms with Crippen molar-refractivity contribution in [2.45, 2.75) is 70.8 Å². The Bertz CT molecular complexity index is 1150. The van der Waals surface area contributed by atoms with Crippen molar-refractivity contribution in [2.24, 2.45) is 17.3 Å². The highest BCUT2D eigenvalue weighted by molar-refractivity contribution is 6.31. The van der Waals surface area contributed by atoms with Gasteiger partial charge in [0.2, 0.25) is 0 Å². The van der Waals surface area contributed by atoms with Gasteiger partial charge in [-0.05, 0) is 117 Å². The molecule has 5 rings (SSSR count). The number of rotatable bonds is 3. The van der Waals surface area contributed by atoms with Crippen LogP contribution in [0.15, 0.2) is 42.0 Å². The Balaban J connectivity index is 1.48.